The van der Waals surface area contributed by atoms with Gasteiger partial charge in [-0.25, -0.2) is 5.43 Å². The SMILES string of the molecule is C/C=N/NC(=O)C1=CCCCCC1. The van der Waals surface area contributed by atoms with Crippen molar-refractivity contribution in [2.45, 2.75) is 39.0 Å². The van der Waals surface area contributed by atoms with Crippen LogP contribution in [0.3, 0.4) is 0 Å². The van der Waals surface area contributed by atoms with Gasteiger partial charge in [0, 0.05) is 11.8 Å². The summed E-state index contributed by atoms with van der Waals surface area (Å²) in [7, 11) is 0. The number of rotatable bonds is 2. The highest BCUT2D eigenvalue weighted by atomic mass is 16.2. The highest BCUT2D eigenvalue weighted by molar-refractivity contribution is 5.93. The fraction of sp³-hybridized carbons (Fsp3) is 0.600. The van der Waals surface area contributed by atoms with Gasteiger partial charge in [0.1, 0.15) is 0 Å². The van der Waals surface area contributed by atoms with Crippen molar-refractivity contribution in [2.75, 3.05) is 0 Å². The quantitative estimate of drug-likeness (QED) is 0.512. The molecule has 1 rings (SSSR count). The lowest BCUT2D eigenvalue weighted by Gasteiger charge is -2.01. The highest BCUT2D eigenvalue weighted by Gasteiger charge is 2.09. The Bertz CT molecular complexity index is 231. The number of hydrogen-bond acceptors (Lipinski definition) is 2. The molecule has 0 aliphatic heterocycles. The average Bonchev–Trinajstić information content (AvgIpc) is 2.42. The van der Waals surface area contributed by atoms with Crippen molar-refractivity contribution in [2.24, 2.45) is 5.10 Å². The summed E-state index contributed by atoms with van der Waals surface area (Å²) in [6.07, 6.45) is 9.08. The third-order valence-corrected chi connectivity index (χ3v) is 2.13. The zero-order chi connectivity index (χ0) is 9.52. The molecule has 1 amide bonds. The molecule has 3 heteroatoms. The van der Waals surface area contributed by atoms with Gasteiger partial charge < -0.3 is 0 Å². The molecule has 0 spiro atoms. The van der Waals surface area contributed by atoms with Gasteiger partial charge in [-0.15, -0.1) is 0 Å². The van der Waals surface area contributed by atoms with Crippen molar-refractivity contribution in [1.29, 1.82) is 0 Å². The first-order valence-corrected chi connectivity index (χ1v) is 4.81. The molecule has 0 saturated carbocycles. The molecular formula is C10H16N2O. The van der Waals surface area contributed by atoms with Crippen LogP contribution in [0.1, 0.15) is 39.0 Å². The first-order chi connectivity index (χ1) is 6.34. The highest BCUT2D eigenvalue weighted by Crippen LogP contribution is 2.16. The molecule has 0 bridgehead atoms. The van der Waals surface area contributed by atoms with Crippen molar-refractivity contribution in [3.05, 3.63) is 11.6 Å². The van der Waals surface area contributed by atoms with Crippen molar-refractivity contribution in [3.8, 4) is 0 Å². The van der Waals surface area contributed by atoms with Crippen LogP contribution in [0.5, 0.6) is 0 Å². The van der Waals surface area contributed by atoms with E-state index in [-0.39, 0.29) is 5.91 Å². The summed E-state index contributed by atoms with van der Waals surface area (Å²) < 4.78 is 0. The summed E-state index contributed by atoms with van der Waals surface area (Å²) in [5.41, 5.74) is 3.38. The Balaban J connectivity index is 2.48. The zero-order valence-corrected chi connectivity index (χ0v) is 8.05. The number of amides is 1. The van der Waals surface area contributed by atoms with Crippen LogP contribution in [0.2, 0.25) is 0 Å². The second-order valence-electron chi connectivity index (χ2n) is 3.16. The van der Waals surface area contributed by atoms with E-state index >= 15 is 0 Å². The molecule has 1 aliphatic carbocycles. The lowest BCUT2D eigenvalue weighted by molar-refractivity contribution is -0.117. The number of allylic oxidation sites excluding steroid dienone is 1. The monoisotopic (exact) mass is 180 g/mol. The lowest BCUT2D eigenvalue weighted by atomic mass is 10.1. The van der Waals surface area contributed by atoms with Gasteiger partial charge in [-0.05, 0) is 32.6 Å². The second kappa shape index (κ2) is 5.51. The second-order valence-corrected chi connectivity index (χ2v) is 3.16. The minimum Gasteiger partial charge on any atom is -0.268 e. The van der Waals surface area contributed by atoms with Gasteiger partial charge in [-0.3, -0.25) is 4.79 Å². The van der Waals surface area contributed by atoms with E-state index in [1.165, 1.54) is 12.8 Å². The standard InChI is InChI=1S/C10H16N2O/c1-2-11-12-10(13)9-7-5-3-4-6-8-9/h2,7H,3-6,8H2,1H3,(H,12,13)/b11-2+. The first kappa shape index (κ1) is 9.96. The fourth-order valence-electron chi connectivity index (χ4n) is 1.42. The Morgan fingerprint density at radius 3 is 3.15 bits per heavy atom. The molecule has 1 N–H and O–H groups in total. The van der Waals surface area contributed by atoms with Crippen molar-refractivity contribution in [3.63, 3.8) is 0 Å². The summed E-state index contributed by atoms with van der Waals surface area (Å²) >= 11 is 0. The van der Waals surface area contributed by atoms with E-state index in [0.29, 0.717) is 0 Å². The van der Waals surface area contributed by atoms with Crippen molar-refractivity contribution < 1.29 is 4.79 Å². The van der Waals surface area contributed by atoms with E-state index in [2.05, 4.69) is 10.5 Å². The maximum Gasteiger partial charge on any atom is 0.266 e. The average molecular weight is 180 g/mol. The van der Waals surface area contributed by atoms with E-state index in [9.17, 15) is 4.79 Å². The molecule has 13 heavy (non-hydrogen) atoms. The lowest BCUT2D eigenvalue weighted by Crippen LogP contribution is -2.19. The number of carbonyl (C=O) groups excluding carboxylic acids is 1. The Morgan fingerprint density at radius 2 is 2.38 bits per heavy atom. The fourth-order valence-corrected chi connectivity index (χ4v) is 1.42. The van der Waals surface area contributed by atoms with Crippen LogP contribution in [0.25, 0.3) is 0 Å². The van der Waals surface area contributed by atoms with Crippen LogP contribution in [0.4, 0.5) is 0 Å². The van der Waals surface area contributed by atoms with E-state index in [1.807, 2.05) is 6.08 Å². The van der Waals surface area contributed by atoms with E-state index < -0.39 is 0 Å². The molecule has 1 aliphatic rings. The summed E-state index contributed by atoms with van der Waals surface area (Å²) in [6, 6.07) is 0. The Kier molecular flexibility index (Phi) is 4.23. The molecule has 0 aromatic heterocycles. The maximum absolute atomic E-state index is 11.4. The van der Waals surface area contributed by atoms with Crippen LogP contribution >= 0.6 is 0 Å². The molecule has 0 aromatic carbocycles. The summed E-state index contributed by atoms with van der Waals surface area (Å²) in [6.45, 7) is 1.78. The van der Waals surface area contributed by atoms with Crippen LogP contribution < -0.4 is 5.43 Å². The number of nitrogens with zero attached hydrogens (tertiary/aromatic N) is 1. The molecule has 0 aromatic rings. The van der Waals surface area contributed by atoms with Gasteiger partial charge in [0.05, 0.1) is 0 Å². The van der Waals surface area contributed by atoms with Crippen LogP contribution in [-0.4, -0.2) is 12.1 Å². The predicted octanol–water partition coefficient (Wildman–Crippen LogP) is 2.00. The van der Waals surface area contributed by atoms with E-state index in [4.69, 9.17) is 0 Å². The van der Waals surface area contributed by atoms with Gasteiger partial charge in [-0.1, -0.05) is 12.5 Å². The molecule has 0 heterocycles. The van der Waals surface area contributed by atoms with Crippen LogP contribution in [0, 0.1) is 0 Å². The van der Waals surface area contributed by atoms with Gasteiger partial charge in [0.2, 0.25) is 0 Å². The summed E-state index contributed by atoms with van der Waals surface area (Å²) in [5.74, 6) is -0.0417. The van der Waals surface area contributed by atoms with E-state index in [1.54, 1.807) is 13.1 Å². The molecule has 3 nitrogen and oxygen atoms in total. The van der Waals surface area contributed by atoms with Gasteiger partial charge in [-0.2, -0.15) is 5.10 Å². The minimum atomic E-state index is -0.0417. The summed E-state index contributed by atoms with van der Waals surface area (Å²) in [4.78, 5) is 11.4. The van der Waals surface area contributed by atoms with Gasteiger partial charge >= 0.3 is 0 Å². The topological polar surface area (TPSA) is 41.5 Å². The van der Waals surface area contributed by atoms with Crippen molar-refractivity contribution in [1.82, 2.24) is 5.43 Å². The molecule has 0 radical (unpaired) electrons. The number of carbonyl (C=O) groups is 1. The largest absolute Gasteiger partial charge is 0.268 e. The molecular weight excluding hydrogens is 164 g/mol. The molecule has 0 fully saturated rings. The summed E-state index contributed by atoms with van der Waals surface area (Å²) in [5, 5.41) is 3.71. The third-order valence-electron chi connectivity index (χ3n) is 2.13. The van der Waals surface area contributed by atoms with Crippen LogP contribution in [-0.2, 0) is 4.79 Å². The number of hydrazone groups is 1. The Morgan fingerprint density at radius 1 is 1.54 bits per heavy atom. The predicted molar refractivity (Wildman–Crippen MR) is 53.5 cm³/mol. The van der Waals surface area contributed by atoms with E-state index in [0.717, 1.165) is 24.8 Å². The minimum absolute atomic E-state index is 0.0417. The molecule has 0 unspecified atom stereocenters. The van der Waals surface area contributed by atoms with Crippen LogP contribution in [0.15, 0.2) is 16.8 Å². The third kappa shape index (κ3) is 3.40. The molecule has 0 atom stereocenters. The van der Waals surface area contributed by atoms with Gasteiger partial charge in [0.15, 0.2) is 0 Å². The Hall–Kier alpha value is -1.12. The number of nitrogens with one attached hydrogen (secondary N) is 1. The smallest absolute Gasteiger partial charge is 0.266 e. The number of hydrogen-bond donors (Lipinski definition) is 1. The molecule has 72 valence electrons. The maximum atomic E-state index is 11.4. The zero-order valence-electron chi connectivity index (χ0n) is 8.05. The van der Waals surface area contributed by atoms with Crippen molar-refractivity contribution >= 4 is 12.1 Å². The first-order valence-electron chi connectivity index (χ1n) is 4.81. The Labute approximate surface area is 78.9 Å². The van der Waals surface area contributed by atoms with Gasteiger partial charge in [0.25, 0.3) is 5.91 Å². The normalized spacial score (nSPS) is 18.1. The molecule has 0 saturated heterocycles.